The molecule has 0 bridgehead atoms. The smallest absolute Gasteiger partial charge is 0.324 e. The fraction of sp³-hybridized carbons (Fsp3) is 0.316. The maximum atomic E-state index is 13.3. The third kappa shape index (κ3) is 5.53. The van der Waals surface area contributed by atoms with E-state index < -0.39 is 33.5 Å². The average Bonchev–Trinajstić information content (AvgIpc) is 2.70. The summed E-state index contributed by atoms with van der Waals surface area (Å²) >= 11 is 5.66. The second-order valence-electron chi connectivity index (χ2n) is 6.85. The van der Waals surface area contributed by atoms with Gasteiger partial charge < -0.3 is 5.32 Å². The van der Waals surface area contributed by atoms with E-state index in [-0.39, 0.29) is 48.3 Å². The van der Waals surface area contributed by atoms with Gasteiger partial charge in [0.15, 0.2) is 0 Å². The van der Waals surface area contributed by atoms with Gasteiger partial charge in [0.05, 0.1) is 27.7 Å². The number of sulfonamides is 1. The van der Waals surface area contributed by atoms with Gasteiger partial charge in [0.1, 0.15) is 5.82 Å². The number of para-hydroxylation sites is 1. The Morgan fingerprint density at radius 3 is 2.32 bits per heavy atom. The van der Waals surface area contributed by atoms with Gasteiger partial charge in [0.2, 0.25) is 15.9 Å². The van der Waals surface area contributed by atoms with Gasteiger partial charge in [-0.25, -0.2) is 12.8 Å². The maximum absolute atomic E-state index is 13.3. The minimum atomic E-state index is -4.60. The number of nitrogens with one attached hydrogen (secondary N) is 1. The van der Waals surface area contributed by atoms with Crippen LogP contribution in [0.5, 0.6) is 0 Å². The monoisotopic (exact) mass is 479 g/mol. The van der Waals surface area contributed by atoms with E-state index in [1.807, 2.05) is 0 Å². The van der Waals surface area contributed by atoms with Crippen LogP contribution in [-0.4, -0.2) is 56.3 Å². The van der Waals surface area contributed by atoms with E-state index in [1.54, 1.807) is 4.90 Å². The molecule has 1 aliphatic heterocycles. The molecule has 0 aliphatic carbocycles. The lowest BCUT2D eigenvalue weighted by molar-refractivity contribution is -0.137. The van der Waals surface area contributed by atoms with Crippen molar-refractivity contribution in [3.8, 4) is 0 Å². The van der Waals surface area contributed by atoms with Crippen LogP contribution in [0.2, 0.25) is 5.02 Å². The lowest BCUT2D eigenvalue weighted by Gasteiger charge is -2.33. The van der Waals surface area contributed by atoms with Crippen LogP contribution in [0.1, 0.15) is 5.56 Å². The van der Waals surface area contributed by atoms with Crippen LogP contribution in [0, 0.1) is 5.82 Å². The standard InChI is InChI=1S/C19H18ClF4N3O3S/c20-15-11-13(5-6-16(15)21)31(29,30)27-9-7-26(8-10-27)12-18(28)25-17-4-2-1-3-14(17)19(22,23)24/h1-6,11H,7-10,12H2,(H,25,28). The average molecular weight is 480 g/mol. The van der Waals surface area contributed by atoms with E-state index in [4.69, 9.17) is 11.6 Å². The van der Waals surface area contributed by atoms with Crippen LogP contribution in [0.3, 0.4) is 0 Å². The number of rotatable bonds is 5. The Hall–Kier alpha value is -2.21. The highest BCUT2D eigenvalue weighted by Crippen LogP contribution is 2.34. The summed E-state index contributed by atoms with van der Waals surface area (Å²) in [6.45, 7) is 0.320. The molecule has 12 heteroatoms. The van der Waals surface area contributed by atoms with Gasteiger partial charge in [0.25, 0.3) is 0 Å². The minimum absolute atomic E-state index is 0.0593. The van der Waals surface area contributed by atoms with Crippen molar-refractivity contribution < 1.29 is 30.8 Å². The number of anilines is 1. The molecule has 0 saturated carbocycles. The summed E-state index contributed by atoms with van der Waals surface area (Å²) in [5, 5.41) is 1.95. The number of carbonyl (C=O) groups is 1. The molecule has 1 aliphatic rings. The number of nitrogens with zero attached hydrogens (tertiary/aromatic N) is 2. The molecule has 31 heavy (non-hydrogen) atoms. The maximum Gasteiger partial charge on any atom is 0.418 e. The van der Waals surface area contributed by atoms with Crippen molar-refractivity contribution in [2.75, 3.05) is 38.0 Å². The highest BCUT2D eigenvalue weighted by atomic mass is 35.5. The number of hydrogen-bond acceptors (Lipinski definition) is 4. The van der Waals surface area contributed by atoms with Crippen molar-refractivity contribution in [3.05, 3.63) is 58.9 Å². The quantitative estimate of drug-likeness (QED) is 0.667. The third-order valence-corrected chi connectivity index (χ3v) is 6.92. The molecule has 6 nitrogen and oxygen atoms in total. The summed E-state index contributed by atoms with van der Waals surface area (Å²) in [6.07, 6.45) is -4.60. The second kappa shape index (κ2) is 9.11. The van der Waals surface area contributed by atoms with Crippen molar-refractivity contribution in [2.24, 2.45) is 0 Å². The summed E-state index contributed by atoms with van der Waals surface area (Å²) in [6, 6.07) is 7.77. The Bertz CT molecular complexity index is 1070. The molecule has 0 radical (unpaired) electrons. The van der Waals surface area contributed by atoms with E-state index in [9.17, 15) is 30.8 Å². The normalized spacial score (nSPS) is 16.3. The number of benzene rings is 2. The molecule has 0 aromatic heterocycles. The number of alkyl halides is 3. The van der Waals surface area contributed by atoms with Crippen molar-refractivity contribution in [3.63, 3.8) is 0 Å². The first kappa shape index (κ1) is 23.5. The Labute approximate surface area is 181 Å². The highest BCUT2D eigenvalue weighted by Gasteiger charge is 2.34. The van der Waals surface area contributed by atoms with Crippen molar-refractivity contribution >= 4 is 33.2 Å². The molecule has 1 fully saturated rings. The van der Waals surface area contributed by atoms with E-state index in [0.29, 0.717) is 0 Å². The predicted octanol–water partition coefficient (Wildman–Crippen LogP) is 3.44. The highest BCUT2D eigenvalue weighted by molar-refractivity contribution is 7.89. The van der Waals surface area contributed by atoms with Crippen LogP contribution in [0.25, 0.3) is 0 Å². The fourth-order valence-corrected chi connectivity index (χ4v) is 4.84. The summed E-state index contributed by atoms with van der Waals surface area (Å²) in [5.74, 6) is -1.37. The molecular weight excluding hydrogens is 462 g/mol. The molecule has 1 N–H and O–H groups in total. The van der Waals surface area contributed by atoms with Gasteiger partial charge in [-0.1, -0.05) is 23.7 Å². The number of hydrogen-bond donors (Lipinski definition) is 1. The van der Waals surface area contributed by atoms with Crippen molar-refractivity contribution in [1.29, 1.82) is 0 Å². The van der Waals surface area contributed by atoms with Crippen LogP contribution in [-0.2, 0) is 21.0 Å². The van der Waals surface area contributed by atoms with Gasteiger partial charge in [-0.2, -0.15) is 17.5 Å². The molecule has 1 amide bonds. The number of halogens is 5. The number of piperazine rings is 1. The molecular formula is C19H18ClF4N3O3S. The van der Waals surface area contributed by atoms with Crippen LogP contribution < -0.4 is 5.32 Å². The van der Waals surface area contributed by atoms with E-state index in [0.717, 1.165) is 24.3 Å². The zero-order valence-electron chi connectivity index (χ0n) is 16.0. The molecule has 1 saturated heterocycles. The number of carbonyl (C=O) groups excluding carboxylic acids is 1. The van der Waals surface area contributed by atoms with Crippen molar-refractivity contribution in [2.45, 2.75) is 11.1 Å². The lowest BCUT2D eigenvalue weighted by Crippen LogP contribution is -2.50. The van der Waals surface area contributed by atoms with Crippen LogP contribution in [0.15, 0.2) is 47.4 Å². The van der Waals surface area contributed by atoms with Crippen molar-refractivity contribution in [1.82, 2.24) is 9.21 Å². The topological polar surface area (TPSA) is 69.7 Å². The Balaban J connectivity index is 1.59. The predicted molar refractivity (Wildman–Crippen MR) is 107 cm³/mol. The largest absolute Gasteiger partial charge is 0.418 e. The SMILES string of the molecule is O=C(CN1CCN(S(=O)(=O)c2ccc(F)c(Cl)c2)CC1)Nc1ccccc1C(F)(F)F. The molecule has 2 aromatic rings. The van der Waals surface area contributed by atoms with E-state index >= 15 is 0 Å². The molecule has 0 unspecified atom stereocenters. The van der Waals surface area contributed by atoms with Gasteiger partial charge >= 0.3 is 6.18 Å². The van der Waals surface area contributed by atoms with Gasteiger partial charge in [-0.3, -0.25) is 9.69 Å². The second-order valence-corrected chi connectivity index (χ2v) is 9.19. The van der Waals surface area contributed by atoms with Gasteiger partial charge in [-0.15, -0.1) is 0 Å². The first-order valence-electron chi connectivity index (χ1n) is 9.12. The molecule has 2 aromatic carbocycles. The summed E-state index contributed by atoms with van der Waals surface area (Å²) in [5.41, 5.74) is -1.29. The van der Waals surface area contributed by atoms with Crippen LogP contribution in [0.4, 0.5) is 23.2 Å². The first-order chi connectivity index (χ1) is 14.5. The Morgan fingerprint density at radius 2 is 1.71 bits per heavy atom. The van der Waals surface area contributed by atoms with Gasteiger partial charge in [0, 0.05) is 26.2 Å². The summed E-state index contributed by atoms with van der Waals surface area (Å²) < 4.78 is 79.0. The van der Waals surface area contributed by atoms with Gasteiger partial charge in [-0.05, 0) is 30.3 Å². The van der Waals surface area contributed by atoms with E-state index in [1.165, 1.54) is 22.5 Å². The van der Waals surface area contributed by atoms with Crippen LogP contribution >= 0.6 is 11.6 Å². The zero-order chi connectivity index (χ0) is 22.8. The molecule has 168 valence electrons. The number of amides is 1. The molecule has 0 spiro atoms. The van der Waals surface area contributed by atoms with E-state index in [2.05, 4.69) is 5.32 Å². The Morgan fingerprint density at radius 1 is 1.06 bits per heavy atom. The Kier molecular flexibility index (Phi) is 6.89. The molecule has 0 atom stereocenters. The summed E-state index contributed by atoms with van der Waals surface area (Å²) in [7, 11) is -3.89. The lowest BCUT2D eigenvalue weighted by atomic mass is 10.1. The third-order valence-electron chi connectivity index (χ3n) is 4.73. The fourth-order valence-electron chi connectivity index (χ4n) is 3.15. The first-order valence-corrected chi connectivity index (χ1v) is 10.9. The molecule has 1 heterocycles. The zero-order valence-corrected chi connectivity index (χ0v) is 17.6. The molecule has 3 rings (SSSR count). The summed E-state index contributed by atoms with van der Waals surface area (Å²) in [4.78, 5) is 13.7. The minimum Gasteiger partial charge on any atom is -0.324 e.